The van der Waals surface area contributed by atoms with Crippen LogP contribution in [0.4, 0.5) is 10.5 Å². The van der Waals surface area contributed by atoms with Crippen LogP contribution in [0.3, 0.4) is 0 Å². The van der Waals surface area contributed by atoms with Gasteiger partial charge in [0, 0.05) is 18.6 Å². The van der Waals surface area contributed by atoms with Crippen LogP contribution in [0, 0.1) is 0 Å². The highest BCUT2D eigenvalue weighted by atomic mass is 35.5. The van der Waals surface area contributed by atoms with E-state index < -0.39 is 11.9 Å². The molecule has 0 heterocycles. The van der Waals surface area contributed by atoms with Gasteiger partial charge in [0.25, 0.3) is 0 Å². The normalized spacial score (nSPS) is 10.1. The number of hydrogen-bond acceptors (Lipinski definition) is 5. The second-order valence-electron chi connectivity index (χ2n) is 3.77. The number of carbonyl (C=O) groups is 2. The number of thioether (sulfide) groups is 1. The van der Waals surface area contributed by atoms with E-state index in [0.717, 1.165) is 4.90 Å². The van der Waals surface area contributed by atoms with Gasteiger partial charge in [-0.2, -0.15) is 0 Å². The summed E-state index contributed by atoms with van der Waals surface area (Å²) in [6.45, 7) is 0.733. The van der Waals surface area contributed by atoms with Crippen LogP contribution in [-0.4, -0.2) is 38.0 Å². The Kier molecular flexibility index (Phi) is 7.21. The molecule has 0 aliphatic rings. The summed E-state index contributed by atoms with van der Waals surface area (Å²) in [5.74, 6) is -0.282. The quantitative estimate of drug-likeness (QED) is 0.420. The molecule has 110 valence electrons. The molecule has 0 atom stereocenters. The van der Waals surface area contributed by atoms with E-state index in [9.17, 15) is 9.59 Å². The molecule has 0 aromatic heterocycles. The van der Waals surface area contributed by atoms with E-state index >= 15 is 0 Å². The molecule has 0 fully saturated rings. The van der Waals surface area contributed by atoms with E-state index in [1.807, 2.05) is 0 Å². The van der Waals surface area contributed by atoms with Crippen LogP contribution in [0.5, 0.6) is 0 Å². The first-order chi connectivity index (χ1) is 9.52. The van der Waals surface area contributed by atoms with Gasteiger partial charge >= 0.3 is 6.03 Å². The first-order valence-electron chi connectivity index (χ1n) is 5.77. The maximum Gasteiger partial charge on any atom is 0.321 e. The third kappa shape index (κ3) is 6.14. The largest absolute Gasteiger partial charge is 0.398 e. The fourth-order valence-electron chi connectivity index (χ4n) is 1.22. The number of methoxy groups -OCH3 is 1. The number of halogens is 1. The zero-order valence-corrected chi connectivity index (χ0v) is 12.5. The van der Waals surface area contributed by atoms with E-state index in [4.69, 9.17) is 22.1 Å². The minimum absolute atomic E-state index is 0.109. The standard InChI is InChI=1S/C12H16ClN3O3S/c1-19-5-4-15-12(18)16-11(17)7-20-8-2-3-10(14)9(13)6-8/h2-3,6H,4-5,7,14H2,1H3,(H2,15,16,17,18). The zero-order valence-electron chi connectivity index (χ0n) is 10.9. The molecule has 4 N–H and O–H groups in total. The van der Waals surface area contributed by atoms with Crippen molar-refractivity contribution in [2.24, 2.45) is 0 Å². The number of hydrogen-bond donors (Lipinski definition) is 3. The number of anilines is 1. The van der Waals surface area contributed by atoms with Gasteiger partial charge in [-0.15, -0.1) is 11.8 Å². The average Bonchev–Trinajstić information content (AvgIpc) is 2.40. The number of rotatable bonds is 6. The van der Waals surface area contributed by atoms with Crippen molar-refractivity contribution in [3.05, 3.63) is 23.2 Å². The molecule has 0 aliphatic carbocycles. The summed E-state index contributed by atoms with van der Waals surface area (Å²) in [5.41, 5.74) is 6.07. The van der Waals surface area contributed by atoms with Crippen LogP contribution in [0.15, 0.2) is 23.1 Å². The molecular weight excluding hydrogens is 302 g/mol. The molecule has 1 rings (SSSR count). The van der Waals surface area contributed by atoms with E-state index in [-0.39, 0.29) is 5.75 Å². The number of nitrogens with two attached hydrogens (primary N) is 1. The van der Waals surface area contributed by atoms with Crippen molar-refractivity contribution >= 4 is 41.0 Å². The molecule has 0 unspecified atom stereocenters. The van der Waals surface area contributed by atoms with Crippen LogP contribution in [-0.2, 0) is 9.53 Å². The fraction of sp³-hybridized carbons (Fsp3) is 0.333. The SMILES string of the molecule is COCCNC(=O)NC(=O)CSc1ccc(N)c(Cl)c1. The zero-order chi connectivity index (χ0) is 15.0. The van der Waals surface area contributed by atoms with Gasteiger partial charge in [0.05, 0.1) is 23.1 Å². The van der Waals surface area contributed by atoms with E-state index in [2.05, 4.69) is 10.6 Å². The Balaban J connectivity index is 2.32. The van der Waals surface area contributed by atoms with Gasteiger partial charge in [0.2, 0.25) is 5.91 Å². The first-order valence-corrected chi connectivity index (χ1v) is 7.13. The van der Waals surface area contributed by atoms with Crippen molar-refractivity contribution in [1.29, 1.82) is 0 Å². The summed E-state index contributed by atoms with van der Waals surface area (Å²) in [5, 5.41) is 5.14. The minimum Gasteiger partial charge on any atom is -0.398 e. The van der Waals surface area contributed by atoms with Crippen molar-refractivity contribution < 1.29 is 14.3 Å². The monoisotopic (exact) mass is 317 g/mol. The second kappa shape index (κ2) is 8.68. The van der Waals surface area contributed by atoms with Gasteiger partial charge in [0.15, 0.2) is 0 Å². The van der Waals surface area contributed by atoms with Gasteiger partial charge < -0.3 is 15.8 Å². The lowest BCUT2D eigenvalue weighted by Gasteiger charge is -2.06. The molecule has 0 saturated carbocycles. The highest BCUT2D eigenvalue weighted by Crippen LogP contribution is 2.26. The molecule has 0 spiro atoms. The molecule has 8 heteroatoms. The number of nitrogen functional groups attached to an aromatic ring is 1. The minimum atomic E-state index is -0.539. The molecule has 20 heavy (non-hydrogen) atoms. The van der Waals surface area contributed by atoms with Crippen LogP contribution in [0.2, 0.25) is 5.02 Å². The Morgan fingerprint density at radius 2 is 2.20 bits per heavy atom. The van der Waals surface area contributed by atoms with Crippen molar-refractivity contribution in [2.45, 2.75) is 4.90 Å². The molecule has 1 aromatic carbocycles. The smallest absolute Gasteiger partial charge is 0.321 e. The van der Waals surface area contributed by atoms with Gasteiger partial charge in [-0.05, 0) is 18.2 Å². The molecule has 0 radical (unpaired) electrons. The number of carbonyl (C=O) groups excluding carboxylic acids is 2. The Morgan fingerprint density at radius 1 is 1.45 bits per heavy atom. The lowest BCUT2D eigenvalue weighted by molar-refractivity contribution is -0.117. The van der Waals surface area contributed by atoms with Crippen LogP contribution >= 0.6 is 23.4 Å². The summed E-state index contributed by atoms with van der Waals surface area (Å²) in [6.07, 6.45) is 0. The number of ether oxygens (including phenoxy) is 1. The number of imide groups is 1. The fourth-order valence-corrected chi connectivity index (χ4v) is 2.20. The Morgan fingerprint density at radius 3 is 2.85 bits per heavy atom. The summed E-state index contributed by atoms with van der Waals surface area (Å²) in [7, 11) is 1.53. The number of amides is 3. The lowest BCUT2D eigenvalue weighted by Crippen LogP contribution is -2.41. The van der Waals surface area contributed by atoms with Crippen LogP contribution in [0.1, 0.15) is 0 Å². The predicted octanol–water partition coefficient (Wildman–Crippen LogP) is 1.49. The molecule has 0 saturated heterocycles. The van der Waals surface area contributed by atoms with Gasteiger partial charge in [-0.1, -0.05) is 11.6 Å². The van der Waals surface area contributed by atoms with Crippen molar-refractivity contribution in [3.8, 4) is 0 Å². The second-order valence-corrected chi connectivity index (χ2v) is 5.22. The summed E-state index contributed by atoms with van der Waals surface area (Å²) in [6, 6.07) is 4.56. The summed E-state index contributed by atoms with van der Waals surface area (Å²) >= 11 is 7.13. The van der Waals surface area contributed by atoms with E-state index in [0.29, 0.717) is 23.9 Å². The first kappa shape index (κ1) is 16.6. The number of nitrogens with one attached hydrogen (secondary N) is 2. The van der Waals surface area contributed by atoms with Crippen molar-refractivity contribution in [2.75, 3.05) is 31.7 Å². The Labute approximate surface area is 126 Å². The highest BCUT2D eigenvalue weighted by Gasteiger charge is 2.08. The lowest BCUT2D eigenvalue weighted by atomic mass is 10.3. The highest BCUT2D eigenvalue weighted by molar-refractivity contribution is 8.00. The molecule has 6 nitrogen and oxygen atoms in total. The van der Waals surface area contributed by atoms with E-state index in [1.165, 1.54) is 18.9 Å². The van der Waals surface area contributed by atoms with Crippen LogP contribution < -0.4 is 16.4 Å². The Bertz CT molecular complexity index is 485. The predicted molar refractivity (Wildman–Crippen MR) is 80.0 cm³/mol. The Hall–Kier alpha value is -1.44. The molecule has 0 aliphatic heterocycles. The third-order valence-corrected chi connectivity index (χ3v) is 3.51. The van der Waals surface area contributed by atoms with Gasteiger partial charge in [-0.25, -0.2) is 4.79 Å². The molecule has 3 amide bonds. The topological polar surface area (TPSA) is 93.5 Å². The molecule has 0 bridgehead atoms. The van der Waals surface area contributed by atoms with E-state index in [1.54, 1.807) is 18.2 Å². The summed E-state index contributed by atoms with van der Waals surface area (Å²) in [4.78, 5) is 23.6. The van der Waals surface area contributed by atoms with Crippen molar-refractivity contribution in [1.82, 2.24) is 10.6 Å². The number of benzene rings is 1. The number of urea groups is 1. The third-order valence-electron chi connectivity index (χ3n) is 2.19. The molecular formula is C12H16ClN3O3S. The van der Waals surface area contributed by atoms with Gasteiger partial charge in [0.1, 0.15) is 0 Å². The van der Waals surface area contributed by atoms with Crippen molar-refractivity contribution in [3.63, 3.8) is 0 Å². The molecule has 1 aromatic rings. The summed E-state index contributed by atoms with van der Waals surface area (Å²) < 4.78 is 4.77. The van der Waals surface area contributed by atoms with Gasteiger partial charge in [-0.3, -0.25) is 10.1 Å². The van der Waals surface area contributed by atoms with Crippen LogP contribution in [0.25, 0.3) is 0 Å². The maximum atomic E-state index is 11.5. The average molecular weight is 318 g/mol. The maximum absolute atomic E-state index is 11.5.